The van der Waals surface area contributed by atoms with Crippen molar-refractivity contribution in [1.29, 1.82) is 0 Å². The predicted octanol–water partition coefficient (Wildman–Crippen LogP) is 4.12. The maximum atomic E-state index is 11.9. The molecule has 0 atom stereocenters. The fourth-order valence-corrected chi connectivity index (χ4v) is 2.29. The average molecular weight is 333 g/mol. The van der Waals surface area contributed by atoms with Crippen LogP contribution in [0.5, 0.6) is 0 Å². The van der Waals surface area contributed by atoms with Crippen LogP contribution in [0, 0.1) is 6.92 Å². The topological polar surface area (TPSA) is 68.0 Å². The maximum absolute atomic E-state index is 11.9. The summed E-state index contributed by atoms with van der Waals surface area (Å²) in [6, 6.07) is 13.8. The molecule has 0 bridgehead atoms. The zero-order chi connectivity index (χ0) is 17.5. The van der Waals surface area contributed by atoms with Gasteiger partial charge in [-0.05, 0) is 24.6 Å². The van der Waals surface area contributed by atoms with E-state index in [0.717, 1.165) is 22.6 Å². The molecule has 0 spiro atoms. The van der Waals surface area contributed by atoms with Crippen molar-refractivity contribution in [2.75, 3.05) is 5.32 Å². The van der Waals surface area contributed by atoms with Gasteiger partial charge < -0.3 is 4.42 Å². The van der Waals surface area contributed by atoms with E-state index in [-0.39, 0.29) is 5.91 Å². The Hall–Kier alpha value is -3.21. The monoisotopic (exact) mass is 333 g/mol. The summed E-state index contributed by atoms with van der Waals surface area (Å²) < 4.78 is 5.44. The molecule has 3 aromatic rings. The highest BCUT2D eigenvalue weighted by Gasteiger charge is 2.07. The summed E-state index contributed by atoms with van der Waals surface area (Å²) in [5, 5.41) is 2.69. The van der Waals surface area contributed by atoms with E-state index in [2.05, 4.69) is 15.3 Å². The minimum absolute atomic E-state index is 0.137. The van der Waals surface area contributed by atoms with Crippen LogP contribution in [0.1, 0.15) is 29.1 Å². The smallest absolute Gasteiger partial charge is 0.229 e. The Balaban J connectivity index is 1.51. The Labute approximate surface area is 146 Å². The maximum Gasteiger partial charge on any atom is 0.229 e. The minimum atomic E-state index is -0.137. The number of aryl methyl sites for hydroxylation is 2. The number of amides is 1. The van der Waals surface area contributed by atoms with E-state index in [1.807, 2.05) is 61.5 Å². The van der Waals surface area contributed by atoms with Crippen molar-refractivity contribution in [2.24, 2.45) is 0 Å². The van der Waals surface area contributed by atoms with Crippen molar-refractivity contribution in [3.63, 3.8) is 0 Å². The molecule has 1 aromatic carbocycles. The van der Waals surface area contributed by atoms with E-state index in [0.29, 0.717) is 18.8 Å². The number of nitrogens with one attached hydrogen (secondary N) is 1. The van der Waals surface area contributed by atoms with Gasteiger partial charge in [0, 0.05) is 30.8 Å². The Morgan fingerprint density at radius 1 is 1.04 bits per heavy atom. The van der Waals surface area contributed by atoms with Gasteiger partial charge in [0.15, 0.2) is 0 Å². The van der Waals surface area contributed by atoms with E-state index in [4.69, 9.17) is 4.42 Å². The number of carbonyl (C=O) groups is 1. The minimum Gasteiger partial charge on any atom is -0.466 e. The Morgan fingerprint density at radius 2 is 1.76 bits per heavy atom. The van der Waals surface area contributed by atoms with Crippen LogP contribution in [-0.2, 0) is 11.2 Å². The van der Waals surface area contributed by atoms with Crippen molar-refractivity contribution >= 4 is 24.0 Å². The Morgan fingerprint density at radius 3 is 2.44 bits per heavy atom. The lowest BCUT2D eigenvalue weighted by Gasteiger charge is -2.03. The third kappa shape index (κ3) is 5.14. The van der Waals surface area contributed by atoms with Crippen molar-refractivity contribution < 1.29 is 9.21 Å². The van der Waals surface area contributed by atoms with Gasteiger partial charge in [0.25, 0.3) is 0 Å². The van der Waals surface area contributed by atoms with Gasteiger partial charge in [0.2, 0.25) is 11.9 Å². The number of benzene rings is 1. The first kappa shape index (κ1) is 16.6. The van der Waals surface area contributed by atoms with Crippen molar-refractivity contribution in [3.05, 3.63) is 77.5 Å². The number of hydrogen-bond donors (Lipinski definition) is 1. The van der Waals surface area contributed by atoms with E-state index in [1.165, 1.54) is 0 Å². The van der Waals surface area contributed by atoms with E-state index >= 15 is 0 Å². The number of furan rings is 1. The van der Waals surface area contributed by atoms with Crippen LogP contribution in [0.15, 0.2) is 59.3 Å². The number of hydrogen-bond acceptors (Lipinski definition) is 4. The van der Waals surface area contributed by atoms with Crippen LogP contribution >= 0.6 is 0 Å². The lowest BCUT2D eigenvalue weighted by Crippen LogP contribution is -2.14. The van der Waals surface area contributed by atoms with E-state index in [9.17, 15) is 4.79 Å². The summed E-state index contributed by atoms with van der Waals surface area (Å²) in [7, 11) is 0. The summed E-state index contributed by atoms with van der Waals surface area (Å²) in [6.45, 7) is 1.88. The van der Waals surface area contributed by atoms with Gasteiger partial charge in [0.05, 0.1) is 0 Å². The summed E-state index contributed by atoms with van der Waals surface area (Å²) in [6.07, 6.45) is 8.15. The highest BCUT2D eigenvalue weighted by Crippen LogP contribution is 2.10. The molecule has 0 radical (unpaired) electrons. The van der Waals surface area contributed by atoms with Crippen LogP contribution in [0.4, 0.5) is 5.95 Å². The van der Waals surface area contributed by atoms with Crippen molar-refractivity contribution in [2.45, 2.75) is 19.8 Å². The lowest BCUT2D eigenvalue weighted by molar-refractivity contribution is -0.116. The molecule has 2 aromatic heterocycles. The predicted molar refractivity (Wildman–Crippen MR) is 97.8 cm³/mol. The standard InChI is InChI=1S/C20H19N3O2/c1-15-7-10-18(25-15)11-12-19(24)23-20-21-13-17(14-22-20)9-8-16-5-3-2-4-6-16/h2-10,13-14H,11-12H2,1H3,(H,21,22,23,24)/b9-8+. The zero-order valence-corrected chi connectivity index (χ0v) is 14.0. The summed E-state index contributed by atoms with van der Waals surface area (Å²) in [4.78, 5) is 20.3. The number of anilines is 1. The van der Waals surface area contributed by atoms with Crippen LogP contribution in [-0.4, -0.2) is 15.9 Å². The first-order valence-electron chi connectivity index (χ1n) is 8.09. The molecule has 5 nitrogen and oxygen atoms in total. The quantitative estimate of drug-likeness (QED) is 0.737. The lowest BCUT2D eigenvalue weighted by atomic mass is 10.2. The van der Waals surface area contributed by atoms with Crippen molar-refractivity contribution in [1.82, 2.24) is 9.97 Å². The fourth-order valence-electron chi connectivity index (χ4n) is 2.29. The molecule has 1 N–H and O–H groups in total. The van der Waals surface area contributed by atoms with Gasteiger partial charge in [-0.15, -0.1) is 0 Å². The van der Waals surface area contributed by atoms with Gasteiger partial charge in [-0.25, -0.2) is 9.97 Å². The van der Waals surface area contributed by atoms with Crippen LogP contribution < -0.4 is 5.32 Å². The molecule has 0 fully saturated rings. The molecule has 0 aliphatic carbocycles. The zero-order valence-electron chi connectivity index (χ0n) is 14.0. The van der Waals surface area contributed by atoms with E-state index < -0.39 is 0 Å². The van der Waals surface area contributed by atoms with Gasteiger partial charge in [-0.1, -0.05) is 42.5 Å². The first-order valence-corrected chi connectivity index (χ1v) is 8.09. The highest BCUT2D eigenvalue weighted by molar-refractivity contribution is 5.89. The first-order chi connectivity index (χ1) is 12.2. The number of nitrogens with zero attached hydrogens (tertiary/aromatic N) is 2. The molecular formula is C20H19N3O2. The molecule has 5 heteroatoms. The van der Waals surface area contributed by atoms with Crippen LogP contribution in [0.2, 0.25) is 0 Å². The van der Waals surface area contributed by atoms with Gasteiger partial charge >= 0.3 is 0 Å². The molecule has 0 saturated carbocycles. The van der Waals surface area contributed by atoms with E-state index in [1.54, 1.807) is 12.4 Å². The summed E-state index contributed by atoms with van der Waals surface area (Å²) in [5.74, 6) is 1.81. The van der Waals surface area contributed by atoms with Gasteiger partial charge in [-0.3, -0.25) is 10.1 Å². The van der Waals surface area contributed by atoms with Crippen LogP contribution in [0.3, 0.4) is 0 Å². The third-order valence-electron chi connectivity index (χ3n) is 3.59. The van der Waals surface area contributed by atoms with Crippen LogP contribution in [0.25, 0.3) is 12.2 Å². The largest absolute Gasteiger partial charge is 0.466 e. The second-order valence-corrected chi connectivity index (χ2v) is 5.64. The molecule has 25 heavy (non-hydrogen) atoms. The van der Waals surface area contributed by atoms with Gasteiger partial charge in [-0.2, -0.15) is 0 Å². The molecule has 126 valence electrons. The average Bonchev–Trinajstić information content (AvgIpc) is 3.06. The van der Waals surface area contributed by atoms with Gasteiger partial charge in [0.1, 0.15) is 11.5 Å². The molecule has 2 heterocycles. The normalized spacial score (nSPS) is 10.9. The number of aromatic nitrogens is 2. The van der Waals surface area contributed by atoms with Crippen molar-refractivity contribution in [3.8, 4) is 0 Å². The number of carbonyl (C=O) groups excluding carboxylic acids is 1. The second kappa shape index (κ2) is 8.06. The molecule has 1 amide bonds. The molecule has 0 saturated heterocycles. The molecule has 0 unspecified atom stereocenters. The molecule has 0 aliphatic heterocycles. The second-order valence-electron chi connectivity index (χ2n) is 5.64. The SMILES string of the molecule is Cc1ccc(CCC(=O)Nc2ncc(/C=C/c3ccccc3)cn2)o1. The highest BCUT2D eigenvalue weighted by atomic mass is 16.3. The number of rotatable bonds is 6. The third-order valence-corrected chi connectivity index (χ3v) is 3.59. The summed E-state index contributed by atoms with van der Waals surface area (Å²) in [5.41, 5.74) is 1.97. The molecule has 3 rings (SSSR count). The Bertz CT molecular complexity index is 852. The Kier molecular flexibility index (Phi) is 5.36. The molecular weight excluding hydrogens is 314 g/mol. The molecule has 0 aliphatic rings. The summed E-state index contributed by atoms with van der Waals surface area (Å²) >= 11 is 0. The fraction of sp³-hybridized carbons (Fsp3) is 0.150.